The number of carbonyl (C=O) groups excluding carboxylic acids is 2. The zero-order valence-corrected chi connectivity index (χ0v) is 39.7. The summed E-state index contributed by atoms with van der Waals surface area (Å²) in [5.41, 5.74) is 6.15. The Labute approximate surface area is 390 Å². The number of carbonyl (C=O) groups is 2. The molecule has 6 atom stereocenters. The molecule has 4 aromatic carbocycles. The van der Waals surface area contributed by atoms with Crippen LogP contribution in [0, 0.1) is 11.8 Å². The van der Waals surface area contributed by atoms with Crippen LogP contribution in [0.15, 0.2) is 116 Å². The van der Waals surface area contributed by atoms with Gasteiger partial charge in [0.2, 0.25) is 11.8 Å². The summed E-state index contributed by atoms with van der Waals surface area (Å²) in [6.07, 6.45) is 5.63. The first kappa shape index (κ1) is 44.4. The van der Waals surface area contributed by atoms with Crippen molar-refractivity contribution in [3.63, 3.8) is 0 Å². The van der Waals surface area contributed by atoms with E-state index in [1.165, 1.54) is 11.1 Å². The van der Waals surface area contributed by atoms with Crippen LogP contribution in [0.4, 0.5) is 0 Å². The first-order valence-corrected chi connectivity index (χ1v) is 24.5. The number of nitrogens with one attached hydrogen (secondary N) is 4. The van der Waals surface area contributed by atoms with Crippen LogP contribution in [-0.4, -0.2) is 92.1 Å². The van der Waals surface area contributed by atoms with Gasteiger partial charge in [0.05, 0.1) is 22.1 Å². The Balaban J connectivity index is 0.000000162. The molecule has 2 aromatic heterocycles. The van der Waals surface area contributed by atoms with E-state index in [1.807, 2.05) is 81.9 Å². The Bertz CT molecular complexity index is 2510. The van der Waals surface area contributed by atoms with Gasteiger partial charge < -0.3 is 30.4 Å². The van der Waals surface area contributed by atoms with E-state index in [2.05, 4.69) is 100 Å². The van der Waals surface area contributed by atoms with Crippen molar-refractivity contribution in [3.8, 4) is 0 Å². The van der Waals surface area contributed by atoms with Crippen molar-refractivity contribution in [3.05, 3.63) is 138 Å². The third kappa shape index (κ3) is 10.2. The fourth-order valence-corrected chi connectivity index (χ4v) is 11.0. The number of benzene rings is 4. The minimum Gasteiger partial charge on any atom is -0.352 e. The predicted octanol–water partition coefficient (Wildman–Crippen LogP) is 8.07. The number of hydrogen-bond acceptors (Lipinski definition) is 6. The van der Waals surface area contributed by atoms with Gasteiger partial charge in [0.1, 0.15) is 0 Å². The molecule has 6 aromatic rings. The Hall–Kier alpha value is -4.76. The highest BCUT2D eigenvalue weighted by molar-refractivity contribution is 9.10. The van der Waals surface area contributed by atoms with Gasteiger partial charge >= 0.3 is 11.4 Å². The van der Waals surface area contributed by atoms with Crippen molar-refractivity contribution in [2.75, 3.05) is 39.3 Å². The van der Waals surface area contributed by atoms with Crippen LogP contribution in [0.5, 0.6) is 0 Å². The van der Waals surface area contributed by atoms with Gasteiger partial charge in [0.15, 0.2) is 0 Å². The number of H-pyrrole nitrogens is 2. The lowest BCUT2D eigenvalue weighted by atomic mass is 10.0. The average molecular weight is 995 g/mol. The van der Waals surface area contributed by atoms with Crippen LogP contribution in [0.25, 0.3) is 22.1 Å². The maximum absolute atomic E-state index is 12.7. The number of rotatable bonds is 12. The fraction of sp³-hybridized carbons (Fsp3) is 0.440. The first-order chi connectivity index (χ1) is 31.0. The molecule has 14 heteroatoms. The van der Waals surface area contributed by atoms with Crippen LogP contribution in [0.1, 0.15) is 87.4 Å². The number of fused-ring (bicyclic) bond motifs is 2. The van der Waals surface area contributed by atoms with Gasteiger partial charge in [0.25, 0.3) is 0 Å². The van der Waals surface area contributed by atoms with Gasteiger partial charge in [-0.2, -0.15) is 0 Å². The topological polar surface area (TPSA) is 140 Å². The molecule has 10 rings (SSSR count). The SMILES string of the molecule is CC(CN1CCC(n2c(=O)[nH]c3cc(Br)ccc32)CC1)NC(=O)C1CC1c1ccccc1.CC(CN1CCC(n2c(=O)[nH]c3cc(Br)ccc32)CC1)NC(=O)C1CC1c1ccccc1. The summed E-state index contributed by atoms with van der Waals surface area (Å²) in [6, 6.07) is 33.2. The number of nitrogens with zero attached hydrogens (tertiary/aromatic N) is 4. The molecule has 0 spiro atoms. The summed E-state index contributed by atoms with van der Waals surface area (Å²) in [4.78, 5) is 61.2. The van der Waals surface area contributed by atoms with Gasteiger partial charge in [-0.15, -0.1) is 0 Å². The Morgan fingerprint density at radius 1 is 0.594 bits per heavy atom. The van der Waals surface area contributed by atoms with Gasteiger partial charge in [-0.25, -0.2) is 9.59 Å². The lowest BCUT2D eigenvalue weighted by Crippen LogP contribution is -2.45. The van der Waals surface area contributed by atoms with Crippen molar-refractivity contribution in [2.24, 2.45) is 11.8 Å². The number of aromatic amines is 2. The third-order valence-corrected chi connectivity index (χ3v) is 14.7. The van der Waals surface area contributed by atoms with Crippen molar-refractivity contribution in [1.82, 2.24) is 39.5 Å². The minimum atomic E-state index is -0.0328. The highest BCUT2D eigenvalue weighted by Crippen LogP contribution is 2.48. The van der Waals surface area contributed by atoms with Crippen LogP contribution >= 0.6 is 31.9 Å². The van der Waals surface area contributed by atoms with Crippen LogP contribution in [-0.2, 0) is 9.59 Å². The predicted molar refractivity (Wildman–Crippen MR) is 260 cm³/mol. The average Bonchev–Trinajstić information content (AvgIpc) is 4.21. The largest absolute Gasteiger partial charge is 0.352 e. The maximum Gasteiger partial charge on any atom is 0.326 e. The standard InChI is InChI=1S/2C25H29BrN4O2/c2*1-16(27-24(31)21-14-20(21)17-5-3-2-4-6-17)15-29-11-9-19(10-12-29)30-23-8-7-18(26)13-22(23)28-25(30)32/h2*2-8,13,16,19-21H,9-12,14-15H2,1H3,(H,27,31)(H,28,32). The molecule has 2 aliphatic carbocycles. The van der Waals surface area contributed by atoms with Gasteiger partial charge in [-0.1, -0.05) is 92.5 Å². The number of likely N-dealkylation sites (tertiary alicyclic amines) is 2. The van der Waals surface area contributed by atoms with E-state index in [1.54, 1.807) is 0 Å². The lowest BCUT2D eigenvalue weighted by Gasteiger charge is -2.34. The zero-order chi connectivity index (χ0) is 44.5. The lowest BCUT2D eigenvalue weighted by molar-refractivity contribution is -0.124. The molecule has 2 saturated heterocycles. The molecule has 12 nitrogen and oxygen atoms in total. The number of imidazole rings is 2. The highest BCUT2D eigenvalue weighted by atomic mass is 79.9. The number of halogens is 2. The third-order valence-electron chi connectivity index (χ3n) is 13.8. The highest BCUT2D eigenvalue weighted by Gasteiger charge is 2.45. The van der Waals surface area contributed by atoms with Crippen molar-refractivity contribution in [2.45, 2.75) is 88.4 Å². The molecule has 4 aliphatic rings. The van der Waals surface area contributed by atoms with Crippen LogP contribution in [0.3, 0.4) is 0 Å². The van der Waals surface area contributed by atoms with Gasteiger partial charge in [-0.05, 0) is 112 Å². The van der Waals surface area contributed by atoms with Crippen LogP contribution < -0.4 is 22.0 Å². The number of aromatic nitrogens is 4. The maximum atomic E-state index is 12.7. The molecule has 2 aliphatic heterocycles. The molecule has 4 N–H and O–H groups in total. The Kier molecular flexibility index (Phi) is 13.5. The smallest absolute Gasteiger partial charge is 0.326 e. The van der Waals surface area contributed by atoms with E-state index in [9.17, 15) is 19.2 Å². The molecule has 64 heavy (non-hydrogen) atoms. The van der Waals surface area contributed by atoms with E-state index < -0.39 is 0 Å². The minimum absolute atomic E-state index is 0.0328. The molecule has 2 amide bonds. The number of piperidine rings is 2. The molecule has 0 radical (unpaired) electrons. The second kappa shape index (κ2) is 19.4. The molecule has 2 saturated carbocycles. The summed E-state index contributed by atoms with van der Waals surface area (Å²) >= 11 is 6.94. The van der Waals surface area contributed by atoms with Crippen molar-refractivity contribution < 1.29 is 9.59 Å². The van der Waals surface area contributed by atoms with E-state index in [0.717, 1.165) is 109 Å². The van der Waals surface area contributed by atoms with Crippen LogP contribution in [0.2, 0.25) is 0 Å². The number of amides is 2. The molecular weight excluding hydrogens is 936 g/mol. The summed E-state index contributed by atoms with van der Waals surface area (Å²) < 4.78 is 5.76. The van der Waals surface area contributed by atoms with Crippen molar-refractivity contribution in [1.29, 1.82) is 0 Å². The van der Waals surface area contributed by atoms with E-state index in [4.69, 9.17) is 0 Å². The van der Waals surface area contributed by atoms with E-state index in [-0.39, 0.29) is 59.2 Å². The molecular formula is C50H58Br2N8O4. The molecule has 6 unspecified atom stereocenters. The summed E-state index contributed by atoms with van der Waals surface area (Å²) in [7, 11) is 0. The summed E-state index contributed by atoms with van der Waals surface area (Å²) in [5, 5.41) is 6.44. The van der Waals surface area contributed by atoms with Gasteiger partial charge in [-0.3, -0.25) is 18.7 Å². The van der Waals surface area contributed by atoms with Crippen molar-refractivity contribution >= 4 is 65.7 Å². The molecule has 0 bridgehead atoms. The van der Waals surface area contributed by atoms with E-state index >= 15 is 0 Å². The number of hydrogen-bond donors (Lipinski definition) is 4. The second-order valence-electron chi connectivity index (χ2n) is 18.5. The zero-order valence-electron chi connectivity index (χ0n) is 36.5. The molecule has 4 heterocycles. The molecule has 4 fully saturated rings. The fourth-order valence-electron chi connectivity index (χ4n) is 10.3. The summed E-state index contributed by atoms with van der Waals surface area (Å²) in [5.74, 6) is 1.32. The Morgan fingerprint density at radius 2 is 0.969 bits per heavy atom. The monoisotopic (exact) mass is 992 g/mol. The normalized spacial score (nSPS) is 22.7. The van der Waals surface area contributed by atoms with Gasteiger partial charge in [0, 0.05) is 84.2 Å². The molecule has 336 valence electrons. The first-order valence-electron chi connectivity index (χ1n) is 22.9. The van der Waals surface area contributed by atoms with E-state index in [0.29, 0.717) is 11.8 Å². The Morgan fingerprint density at radius 3 is 1.34 bits per heavy atom. The second-order valence-corrected chi connectivity index (χ2v) is 20.4. The summed E-state index contributed by atoms with van der Waals surface area (Å²) in [6.45, 7) is 9.58. The quantitative estimate of drug-likeness (QED) is 0.0979.